The summed E-state index contributed by atoms with van der Waals surface area (Å²) < 4.78 is 12.6. The lowest BCUT2D eigenvalue weighted by Crippen LogP contribution is -2.29. The van der Waals surface area contributed by atoms with Crippen LogP contribution in [0.25, 0.3) is 16.0 Å². The molecule has 1 saturated heterocycles. The van der Waals surface area contributed by atoms with Crippen LogP contribution < -0.4 is 14.4 Å². The van der Waals surface area contributed by atoms with E-state index in [0.29, 0.717) is 44.7 Å². The fourth-order valence-electron chi connectivity index (χ4n) is 5.43. The second-order valence-corrected chi connectivity index (χ2v) is 11.7. The van der Waals surface area contributed by atoms with Crippen LogP contribution in [-0.4, -0.2) is 27.9 Å². The molecule has 0 bridgehead atoms. The number of aliphatic hydroxyl groups excluding tert-OH is 1. The molecule has 5 aromatic rings. The van der Waals surface area contributed by atoms with Crippen molar-refractivity contribution < 1.29 is 24.2 Å². The van der Waals surface area contributed by atoms with Gasteiger partial charge in [0, 0.05) is 17.0 Å². The van der Waals surface area contributed by atoms with Crippen LogP contribution in [0.2, 0.25) is 5.02 Å². The number of benzene rings is 4. The number of carbonyl (C=O) groups excluding carboxylic acids is 2. The lowest BCUT2D eigenvalue weighted by atomic mass is 9.94. The Balaban J connectivity index is 1.38. The van der Waals surface area contributed by atoms with E-state index in [2.05, 4.69) is 4.98 Å². The smallest absolute Gasteiger partial charge is 0.301 e. The molecule has 42 heavy (non-hydrogen) atoms. The maximum absolute atomic E-state index is 13.7. The summed E-state index contributed by atoms with van der Waals surface area (Å²) in [5, 5.41) is 12.5. The molecule has 7 rings (SSSR count). The summed E-state index contributed by atoms with van der Waals surface area (Å²) in [6.07, 6.45) is 0.698. The molecule has 0 spiro atoms. The van der Waals surface area contributed by atoms with E-state index in [4.69, 9.17) is 21.1 Å². The first-order valence-electron chi connectivity index (χ1n) is 13.4. The molecule has 2 aliphatic heterocycles. The van der Waals surface area contributed by atoms with Crippen LogP contribution in [0.1, 0.15) is 29.7 Å². The number of nitrogens with zero attached hydrogens (tertiary/aromatic N) is 2. The van der Waals surface area contributed by atoms with Gasteiger partial charge in [-0.15, -0.1) is 0 Å². The third-order valence-corrected chi connectivity index (χ3v) is 8.56. The number of carbonyl (C=O) groups is 2. The van der Waals surface area contributed by atoms with Crippen molar-refractivity contribution in [3.05, 3.63) is 118 Å². The van der Waals surface area contributed by atoms with E-state index in [1.807, 2.05) is 43.3 Å². The van der Waals surface area contributed by atoms with Crippen molar-refractivity contribution in [3.63, 3.8) is 0 Å². The number of hydrogen-bond donors (Lipinski definition) is 1. The Kier molecular flexibility index (Phi) is 6.45. The zero-order valence-corrected chi connectivity index (χ0v) is 23.9. The summed E-state index contributed by atoms with van der Waals surface area (Å²) >= 11 is 7.46. The number of halogens is 1. The zero-order valence-electron chi connectivity index (χ0n) is 22.3. The molecule has 2 atom stereocenters. The van der Waals surface area contributed by atoms with Crippen molar-refractivity contribution in [3.8, 4) is 17.2 Å². The van der Waals surface area contributed by atoms with E-state index in [0.717, 1.165) is 16.0 Å². The zero-order chi connectivity index (χ0) is 29.0. The van der Waals surface area contributed by atoms with Gasteiger partial charge in [0.1, 0.15) is 29.1 Å². The molecule has 9 heteroatoms. The van der Waals surface area contributed by atoms with Crippen molar-refractivity contribution in [2.75, 3.05) is 4.90 Å². The molecule has 0 radical (unpaired) electrons. The third-order valence-electron chi connectivity index (χ3n) is 7.31. The number of hydrogen-bond acceptors (Lipinski definition) is 7. The molecule has 2 aliphatic rings. The molecule has 1 fully saturated rings. The number of fused-ring (bicyclic) bond motifs is 2. The van der Waals surface area contributed by atoms with E-state index in [1.54, 1.807) is 54.6 Å². The van der Waals surface area contributed by atoms with E-state index >= 15 is 0 Å². The summed E-state index contributed by atoms with van der Waals surface area (Å²) in [6.45, 7) is 1.97. The van der Waals surface area contributed by atoms with Gasteiger partial charge in [-0.1, -0.05) is 53.3 Å². The summed E-state index contributed by atoms with van der Waals surface area (Å²) in [7, 11) is 0. The molecular weight excluding hydrogens is 572 g/mol. The summed E-state index contributed by atoms with van der Waals surface area (Å²) in [4.78, 5) is 33.4. The van der Waals surface area contributed by atoms with Crippen molar-refractivity contribution in [2.45, 2.75) is 25.5 Å². The minimum Gasteiger partial charge on any atom is -0.507 e. The Morgan fingerprint density at radius 2 is 1.81 bits per heavy atom. The van der Waals surface area contributed by atoms with E-state index < -0.39 is 17.7 Å². The van der Waals surface area contributed by atoms with Crippen LogP contribution in [-0.2, 0) is 16.0 Å². The highest BCUT2D eigenvalue weighted by Gasteiger charge is 2.48. The van der Waals surface area contributed by atoms with Crippen molar-refractivity contribution in [1.29, 1.82) is 0 Å². The Hall–Kier alpha value is -4.66. The van der Waals surface area contributed by atoms with Gasteiger partial charge in [-0.05, 0) is 78.7 Å². The van der Waals surface area contributed by atoms with Gasteiger partial charge in [0.05, 0.1) is 21.8 Å². The minimum absolute atomic E-state index is 0.0165. The molecule has 208 valence electrons. The number of rotatable bonds is 5. The highest BCUT2D eigenvalue weighted by Crippen LogP contribution is 2.45. The largest absolute Gasteiger partial charge is 0.507 e. The van der Waals surface area contributed by atoms with E-state index in [9.17, 15) is 14.7 Å². The Morgan fingerprint density at radius 3 is 2.64 bits per heavy atom. The average Bonchev–Trinajstić information content (AvgIpc) is 3.65. The first kappa shape index (κ1) is 26.3. The average molecular weight is 595 g/mol. The predicted octanol–water partition coefficient (Wildman–Crippen LogP) is 7.69. The molecule has 0 saturated carbocycles. The maximum Gasteiger partial charge on any atom is 0.301 e. The monoisotopic (exact) mass is 594 g/mol. The van der Waals surface area contributed by atoms with Gasteiger partial charge in [-0.2, -0.15) is 0 Å². The minimum atomic E-state index is -0.955. The van der Waals surface area contributed by atoms with Crippen LogP contribution in [0.3, 0.4) is 0 Å². The van der Waals surface area contributed by atoms with Crippen molar-refractivity contribution in [2.24, 2.45) is 0 Å². The molecule has 1 aromatic heterocycles. The number of thiazole rings is 1. The third kappa shape index (κ3) is 4.58. The van der Waals surface area contributed by atoms with Gasteiger partial charge >= 0.3 is 5.91 Å². The van der Waals surface area contributed by atoms with Gasteiger partial charge in [0.2, 0.25) is 0 Å². The summed E-state index contributed by atoms with van der Waals surface area (Å²) in [5.74, 6) is 0.0653. The SMILES string of the molecule is C[C@@H]1Cc2cc(C(O)=C3C(=O)C(=O)N(c4nc5ccc(Cl)cc5s4)[C@H]3c3cccc(Oc4ccccc4)c3)ccc2O1. The predicted molar refractivity (Wildman–Crippen MR) is 163 cm³/mol. The molecule has 3 heterocycles. The van der Waals surface area contributed by atoms with Crippen LogP contribution in [0.5, 0.6) is 17.2 Å². The number of aliphatic hydroxyl groups is 1. The fraction of sp³-hybridized carbons (Fsp3) is 0.121. The van der Waals surface area contributed by atoms with Gasteiger partial charge in [-0.3, -0.25) is 14.5 Å². The van der Waals surface area contributed by atoms with Gasteiger partial charge in [0.25, 0.3) is 5.78 Å². The lowest BCUT2D eigenvalue weighted by Gasteiger charge is -2.23. The first-order chi connectivity index (χ1) is 20.4. The van der Waals surface area contributed by atoms with Crippen LogP contribution in [0.15, 0.2) is 96.6 Å². The first-order valence-corrected chi connectivity index (χ1v) is 14.5. The van der Waals surface area contributed by atoms with E-state index in [-0.39, 0.29) is 17.4 Å². The quantitative estimate of drug-likeness (QED) is 0.127. The fourth-order valence-corrected chi connectivity index (χ4v) is 6.70. The number of ketones is 1. The number of anilines is 1. The number of ether oxygens (including phenoxy) is 2. The van der Waals surface area contributed by atoms with E-state index in [1.165, 1.54) is 16.2 Å². The van der Waals surface area contributed by atoms with Crippen LogP contribution >= 0.6 is 22.9 Å². The van der Waals surface area contributed by atoms with Crippen molar-refractivity contribution >= 4 is 55.7 Å². The second kappa shape index (κ2) is 10.3. The van der Waals surface area contributed by atoms with Gasteiger partial charge < -0.3 is 14.6 Å². The standard InChI is InChI=1S/C33H23ClN2O5S/c1-18-14-21-15-20(10-13-26(21)40-18)30(37)28-29(19-6-5-9-24(16-19)41-23-7-3-2-4-8-23)36(32(39)31(28)38)33-35-25-12-11-22(34)17-27(25)42-33/h2-13,15-18,29,37H,14H2,1H3/t18-,29+/m1/s1. The van der Waals surface area contributed by atoms with Crippen LogP contribution in [0.4, 0.5) is 5.13 Å². The molecule has 0 aliphatic carbocycles. The number of Topliss-reactive ketones (excluding diaryl/α,β-unsaturated/α-hetero) is 1. The highest BCUT2D eigenvalue weighted by atomic mass is 35.5. The Morgan fingerprint density at radius 1 is 1.00 bits per heavy atom. The summed E-state index contributed by atoms with van der Waals surface area (Å²) in [5.41, 5.74) is 2.57. The van der Waals surface area contributed by atoms with Crippen LogP contribution in [0, 0.1) is 0 Å². The molecule has 4 aromatic carbocycles. The molecule has 7 nitrogen and oxygen atoms in total. The van der Waals surface area contributed by atoms with Gasteiger partial charge in [-0.25, -0.2) is 4.98 Å². The molecular formula is C33H23ClN2O5S. The molecule has 1 amide bonds. The van der Waals surface area contributed by atoms with Gasteiger partial charge in [0.15, 0.2) is 5.13 Å². The normalized spacial score (nSPS) is 19.2. The number of para-hydroxylation sites is 1. The summed E-state index contributed by atoms with van der Waals surface area (Å²) in [6, 6.07) is 26.1. The number of amides is 1. The second-order valence-electron chi connectivity index (χ2n) is 10.2. The molecule has 1 N–H and O–H groups in total. The Bertz CT molecular complexity index is 1920. The Labute approximate surface area is 250 Å². The topological polar surface area (TPSA) is 89.0 Å². The lowest BCUT2D eigenvalue weighted by molar-refractivity contribution is -0.132. The number of aromatic nitrogens is 1. The maximum atomic E-state index is 13.7. The highest BCUT2D eigenvalue weighted by molar-refractivity contribution is 7.22. The molecule has 0 unspecified atom stereocenters. The van der Waals surface area contributed by atoms with Crippen molar-refractivity contribution in [1.82, 2.24) is 4.98 Å².